The van der Waals surface area contributed by atoms with Crippen LogP contribution in [0.4, 0.5) is 0 Å². The number of fused-ring (bicyclic) bond motifs is 1. The number of carbonyl (C=O) groups is 1. The van der Waals surface area contributed by atoms with Crippen LogP contribution in [0.3, 0.4) is 0 Å². The molecule has 3 heteroatoms. The first kappa shape index (κ1) is 11.2. The molecule has 2 aromatic carbocycles. The number of rotatable bonds is 4. The molecule has 0 amide bonds. The Balaban J connectivity index is 2.07. The highest BCUT2D eigenvalue weighted by Crippen LogP contribution is 2.20. The number of benzene rings is 2. The zero-order valence-electron chi connectivity index (χ0n) is 9.17. The second kappa shape index (κ2) is 5.16. The molecule has 0 saturated heterocycles. The average Bonchev–Trinajstić information content (AvgIpc) is 2.34. The summed E-state index contributed by atoms with van der Waals surface area (Å²) in [7, 11) is 0. The molecule has 0 heterocycles. The van der Waals surface area contributed by atoms with Gasteiger partial charge in [-0.05, 0) is 29.0 Å². The minimum Gasteiger partial charge on any atom is -0.490 e. The molecule has 3 nitrogen and oxygen atoms in total. The molecule has 0 aromatic heterocycles. The molecule has 0 aliphatic heterocycles. The molecule has 2 rings (SSSR count). The van der Waals surface area contributed by atoms with Crippen LogP contribution in [0, 0.1) is 0 Å². The zero-order chi connectivity index (χ0) is 12.1. The first-order valence-corrected chi connectivity index (χ1v) is 5.27. The van der Waals surface area contributed by atoms with Crippen LogP contribution in [-0.4, -0.2) is 17.7 Å². The summed E-state index contributed by atoms with van der Waals surface area (Å²) in [6.07, 6.45) is 2.54. The fourth-order valence-corrected chi connectivity index (χ4v) is 1.55. The van der Waals surface area contributed by atoms with Crippen molar-refractivity contribution >= 4 is 16.7 Å². The molecular formula is C14H12O3. The van der Waals surface area contributed by atoms with E-state index >= 15 is 0 Å². The van der Waals surface area contributed by atoms with Gasteiger partial charge in [0.1, 0.15) is 12.4 Å². The van der Waals surface area contributed by atoms with Gasteiger partial charge in [0.2, 0.25) is 0 Å². The molecular weight excluding hydrogens is 216 g/mol. The van der Waals surface area contributed by atoms with Gasteiger partial charge in [0.15, 0.2) is 0 Å². The van der Waals surface area contributed by atoms with E-state index in [1.807, 2.05) is 42.5 Å². The van der Waals surface area contributed by atoms with Crippen molar-refractivity contribution < 1.29 is 14.6 Å². The van der Waals surface area contributed by atoms with Crippen molar-refractivity contribution in [3.63, 3.8) is 0 Å². The van der Waals surface area contributed by atoms with Gasteiger partial charge in [-0.1, -0.05) is 30.3 Å². The Hall–Kier alpha value is -2.29. The Kier molecular flexibility index (Phi) is 3.40. The molecule has 0 spiro atoms. The van der Waals surface area contributed by atoms with Gasteiger partial charge in [-0.25, -0.2) is 4.79 Å². The van der Waals surface area contributed by atoms with Gasteiger partial charge in [0.05, 0.1) is 0 Å². The van der Waals surface area contributed by atoms with Crippen molar-refractivity contribution in [2.45, 2.75) is 0 Å². The van der Waals surface area contributed by atoms with E-state index in [0.717, 1.165) is 22.6 Å². The first-order valence-electron chi connectivity index (χ1n) is 5.27. The van der Waals surface area contributed by atoms with Crippen molar-refractivity contribution in [3.8, 4) is 5.75 Å². The van der Waals surface area contributed by atoms with Gasteiger partial charge in [-0.15, -0.1) is 0 Å². The van der Waals surface area contributed by atoms with Gasteiger partial charge in [-0.3, -0.25) is 0 Å². The third-order valence-corrected chi connectivity index (χ3v) is 2.33. The topological polar surface area (TPSA) is 46.5 Å². The van der Waals surface area contributed by atoms with Crippen LogP contribution in [0.15, 0.2) is 54.6 Å². The van der Waals surface area contributed by atoms with Crippen LogP contribution in [0.1, 0.15) is 0 Å². The highest BCUT2D eigenvalue weighted by atomic mass is 16.5. The lowest BCUT2D eigenvalue weighted by Gasteiger charge is -2.04. The third kappa shape index (κ3) is 3.08. The summed E-state index contributed by atoms with van der Waals surface area (Å²) in [5.41, 5.74) is 0. The monoisotopic (exact) mass is 228 g/mol. The van der Waals surface area contributed by atoms with E-state index in [1.54, 1.807) is 0 Å². The first-order chi connectivity index (χ1) is 8.25. The average molecular weight is 228 g/mol. The Morgan fingerprint density at radius 3 is 2.71 bits per heavy atom. The highest BCUT2D eigenvalue weighted by Gasteiger charge is 1.95. The van der Waals surface area contributed by atoms with Crippen LogP contribution in [-0.2, 0) is 4.79 Å². The lowest BCUT2D eigenvalue weighted by atomic mass is 10.1. The molecule has 17 heavy (non-hydrogen) atoms. The van der Waals surface area contributed by atoms with Gasteiger partial charge < -0.3 is 9.84 Å². The van der Waals surface area contributed by atoms with Crippen LogP contribution < -0.4 is 4.74 Å². The number of aliphatic carboxylic acids is 1. The molecule has 0 bridgehead atoms. The minimum absolute atomic E-state index is 0.255. The third-order valence-electron chi connectivity index (χ3n) is 2.33. The molecule has 0 atom stereocenters. The Morgan fingerprint density at radius 2 is 1.94 bits per heavy atom. The van der Waals surface area contributed by atoms with Crippen molar-refractivity contribution in [2.24, 2.45) is 0 Å². The van der Waals surface area contributed by atoms with Crippen LogP contribution in [0.25, 0.3) is 10.8 Å². The van der Waals surface area contributed by atoms with Gasteiger partial charge in [0, 0.05) is 6.08 Å². The number of hydrogen-bond acceptors (Lipinski definition) is 2. The summed E-state index contributed by atoms with van der Waals surface area (Å²) < 4.78 is 5.41. The molecule has 0 aliphatic rings. The van der Waals surface area contributed by atoms with Gasteiger partial charge in [0.25, 0.3) is 0 Å². The Labute approximate surface area is 99.0 Å². The summed E-state index contributed by atoms with van der Waals surface area (Å²) in [4.78, 5) is 10.2. The lowest BCUT2D eigenvalue weighted by molar-refractivity contribution is -0.131. The minimum atomic E-state index is -0.966. The van der Waals surface area contributed by atoms with E-state index in [4.69, 9.17) is 9.84 Å². The Morgan fingerprint density at radius 1 is 1.18 bits per heavy atom. The number of hydrogen-bond donors (Lipinski definition) is 1. The molecule has 0 unspecified atom stereocenters. The van der Waals surface area contributed by atoms with E-state index in [1.165, 1.54) is 6.08 Å². The van der Waals surface area contributed by atoms with Crippen molar-refractivity contribution in [1.82, 2.24) is 0 Å². The normalized spacial score (nSPS) is 10.8. The molecule has 0 fully saturated rings. The standard InChI is InChI=1S/C14H12O3/c15-14(16)6-3-9-17-13-8-7-11-4-1-2-5-12(11)10-13/h1-8,10H,9H2,(H,15,16)/b6-3+. The van der Waals surface area contributed by atoms with Crippen LogP contribution in [0.2, 0.25) is 0 Å². The lowest BCUT2D eigenvalue weighted by Crippen LogP contribution is -1.95. The van der Waals surface area contributed by atoms with E-state index in [9.17, 15) is 4.79 Å². The van der Waals surface area contributed by atoms with Crippen molar-refractivity contribution in [1.29, 1.82) is 0 Å². The number of carboxylic acid groups (broad SMARTS) is 1. The summed E-state index contributed by atoms with van der Waals surface area (Å²) in [6.45, 7) is 0.255. The summed E-state index contributed by atoms with van der Waals surface area (Å²) in [5, 5.41) is 10.7. The number of ether oxygens (including phenoxy) is 1. The highest BCUT2D eigenvalue weighted by molar-refractivity contribution is 5.83. The molecule has 2 aromatic rings. The largest absolute Gasteiger partial charge is 0.490 e. The van der Waals surface area contributed by atoms with E-state index in [2.05, 4.69) is 0 Å². The fraction of sp³-hybridized carbons (Fsp3) is 0.0714. The summed E-state index contributed by atoms with van der Waals surface area (Å²) in [6, 6.07) is 13.8. The number of carboxylic acids is 1. The van der Waals surface area contributed by atoms with Crippen LogP contribution in [0.5, 0.6) is 5.75 Å². The molecule has 0 radical (unpaired) electrons. The second-order valence-electron chi connectivity index (χ2n) is 3.56. The van der Waals surface area contributed by atoms with Gasteiger partial charge in [-0.2, -0.15) is 0 Å². The van der Waals surface area contributed by atoms with Crippen molar-refractivity contribution in [3.05, 3.63) is 54.6 Å². The maximum Gasteiger partial charge on any atom is 0.328 e. The Bertz CT molecular complexity index is 558. The van der Waals surface area contributed by atoms with Crippen LogP contribution >= 0.6 is 0 Å². The SMILES string of the molecule is O=C(O)/C=C/COc1ccc2ccccc2c1. The fourth-order valence-electron chi connectivity index (χ4n) is 1.55. The summed E-state index contributed by atoms with van der Waals surface area (Å²) >= 11 is 0. The van der Waals surface area contributed by atoms with Crippen molar-refractivity contribution in [2.75, 3.05) is 6.61 Å². The molecule has 86 valence electrons. The summed E-state index contributed by atoms with van der Waals surface area (Å²) in [5.74, 6) is -0.231. The predicted molar refractivity (Wildman–Crippen MR) is 66.2 cm³/mol. The molecule has 0 saturated carbocycles. The molecule has 1 N–H and O–H groups in total. The maximum atomic E-state index is 10.2. The predicted octanol–water partition coefficient (Wildman–Crippen LogP) is 2.86. The van der Waals surface area contributed by atoms with E-state index < -0.39 is 5.97 Å². The second-order valence-corrected chi connectivity index (χ2v) is 3.56. The van der Waals surface area contributed by atoms with E-state index in [0.29, 0.717) is 0 Å². The quantitative estimate of drug-likeness (QED) is 0.818. The van der Waals surface area contributed by atoms with E-state index in [-0.39, 0.29) is 6.61 Å². The maximum absolute atomic E-state index is 10.2. The smallest absolute Gasteiger partial charge is 0.328 e. The zero-order valence-corrected chi connectivity index (χ0v) is 9.17. The van der Waals surface area contributed by atoms with Gasteiger partial charge >= 0.3 is 5.97 Å². The molecule has 0 aliphatic carbocycles.